The number of anilines is 1. The van der Waals surface area contributed by atoms with E-state index in [0.717, 1.165) is 4.68 Å². The molecule has 0 fully saturated rings. The summed E-state index contributed by atoms with van der Waals surface area (Å²) in [5.74, 6) is 0.255. The quantitative estimate of drug-likeness (QED) is 0.849. The second-order valence-corrected chi connectivity index (χ2v) is 5.39. The van der Waals surface area contributed by atoms with Crippen LogP contribution in [0.25, 0.3) is 0 Å². The highest BCUT2D eigenvalue weighted by molar-refractivity contribution is 9.10. The second-order valence-electron chi connectivity index (χ2n) is 3.04. The van der Waals surface area contributed by atoms with Crippen molar-refractivity contribution < 1.29 is 12.8 Å². The normalized spacial score (nSPS) is 11.7. The lowest BCUT2D eigenvalue weighted by Crippen LogP contribution is -2.17. The Morgan fingerprint density at radius 3 is 2.53 bits per heavy atom. The van der Waals surface area contributed by atoms with Gasteiger partial charge in [-0.15, -0.1) is 10.2 Å². The third-order valence-electron chi connectivity index (χ3n) is 1.74. The molecule has 1 N–H and O–H groups in total. The molecule has 0 aromatic carbocycles. The van der Waals surface area contributed by atoms with Crippen LogP contribution >= 0.6 is 15.9 Å². The van der Waals surface area contributed by atoms with Crippen LogP contribution in [0.3, 0.4) is 0 Å². The van der Waals surface area contributed by atoms with E-state index in [0.29, 0.717) is 0 Å². The average Bonchev–Trinajstić information content (AvgIpc) is 2.73. The number of hydrogen-bond donors (Lipinski definition) is 1. The van der Waals surface area contributed by atoms with Gasteiger partial charge in [0.25, 0.3) is 10.0 Å². The molecule has 0 aliphatic carbocycles. The van der Waals surface area contributed by atoms with Crippen LogP contribution < -0.4 is 4.72 Å². The fourth-order valence-electron chi connectivity index (χ4n) is 1.11. The minimum Gasteiger partial charge on any atom is -0.408 e. The predicted molar refractivity (Wildman–Crippen MR) is 58.5 cm³/mol. The molecule has 0 unspecified atom stereocenters. The summed E-state index contributed by atoms with van der Waals surface area (Å²) in [6, 6.07) is -0.212. The van der Waals surface area contributed by atoms with Gasteiger partial charge in [-0.25, -0.2) is 9.40 Å². The highest BCUT2D eigenvalue weighted by atomic mass is 79.9. The summed E-state index contributed by atoms with van der Waals surface area (Å²) < 4.78 is 32.1. The topological polar surface area (TPSA) is 116 Å². The van der Waals surface area contributed by atoms with Gasteiger partial charge < -0.3 is 4.42 Å². The van der Waals surface area contributed by atoms with Crippen LogP contribution in [0.5, 0.6) is 0 Å². The molecule has 0 saturated heterocycles. The van der Waals surface area contributed by atoms with Crippen molar-refractivity contribution in [3.63, 3.8) is 0 Å². The Hall–Kier alpha value is -1.49. The van der Waals surface area contributed by atoms with Crippen molar-refractivity contribution in [1.82, 2.24) is 25.2 Å². The van der Waals surface area contributed by atoms with E-state index in [1.54, 1.807) is 6.92 Å². The van der Waals surface area contributed by atoms with E-state index in [4.69, 9.17) is 4.42 Å². The SMILES string of the molecule is Cc1nnc(NS(=O)(=O)c2c(Br)nnn2C)o1. The van der Waals surface area contributed by atoms with Crippen LogP contribution in [0, 0.1) is 6.92 Å². The Bertz CT molecular complexity index is 627. The van der Waals surface area contributed by atoms with E-state index in [1.807, 2.05) is 0 Å². The lowest BCUT2D eigenvalue weighted by atomic mass is 10.8. The number of halogens is 1. The first-order valence-electron chi connectivity index (χ1n) is 4.28. The summed E-state index contributed by atoms with van der Waals surface area (Å²) in [5.41, 5.74) is 0. The Morgan fingerprint density at radius 2 is 2.06 bits per heavy atom. The molecule has 0 radical (unpaired) electrons. The Labute approximate surface area is 104 Å². The molecular formula is C6H7BrN6O3S. The van der Waals surface area contributed by atoms with Crippen molar-refractivity contribution in [2.75, 3.05) is 4.72 Å². The van der Waals surface area contributed by atoms with E-state index in [1.165, 1.54) is 7.05 Å². The maximum Gasteiger partial charge on any atom is 0.329 e. The van der Waals surface area contributed by atoms with Gasteiger partial charge >= 0.3 is 6.01 Å². The maximum atomic E-state index is 11.9. The number of hydrogen-bond acceptors (Lipinski definition) is 7. The smallest absolute Gasteiger partial charge is 0.329 e. The zero-order valence-electron chi connectivity index (χ0n) is 8.75. The number of sulfonamides is 1. The number of nitrogens with one attached hydrogen (secondary N) is 1. The zero-order valence-corrected chi connectivity index (χ0v) is 11.1. The van der Waals surface area contributed by atoms with Gasteiger partial charge in [-0.1, -0.05) is 10.3 Å². The van der Waals surface area contributed by atoms with Gasteiger partial charge in [0.15, 0.2) is 4.60 Å². The Kier molecular flexibility index (Phi) is 2.87. The summed E-state index contributed by atoms with van der Waals surface area (Å²) in [5, 5.41) is 14.0. The number of rotatable bonds is 3. The van der Waals surface area contributed by atoms with E-state index < -0.39 is 10.0 Å². The molecule has 0 aliphatic heterocycles. The van der Waals surface area contributed by atoms with Gasteiger partial charge in [-0.3, -0.25) is 0 Å². The van der Waals surface area contributed by atoms with Crippen LogP contribution in [0.15, 0.2) is 14.0 Å². The van der Waals surface area contributed by atoms with Crippen LogP contribution in [0.1, 0.15) is 5.89 Å². The molecule has 2 heterocycles. The van der Waals surface area contributed by atoms with Crippen molar-refractivity contribution in [1.29, 1.82) is 0 Å². The molecule has 0 amide bonds. The highest BCUT2D eigenvalue weighted by Crippen LogP contribution is 2.20. The molecule has 0 aliphatic rings. The summed E-state index contributed by atoms with van der Waals surface area (Å²) in [6.45, 7) is 1.55. The third-order valence-corrected chi connectivity index (χ3v) is 3.95. The molecule has 0 atom stereocenters. The van der Waals surface area contributed by atoms with E-state index in [-0.39, 0.29) is 21.5 Å². The first-order valence-corrected chi connectivity index (χ1v) is 6.56. The molecule has 0 saturated carbocycles. The van der Waals surface area contributed by atoms with E-state index in [9.17, 15) is 8.42 Å². The molecule has 2 aromatic heterocycles. The first-order chi connectivity index (χ1) is 7.90. The number of aromatic nitrogens is 5. The van der Waals surface area contributed by atoms with Crippen LogP contribution in [0.2, 0.25) is 0 Å². The second kappa shape index (κ2) is 4.07. The van der Waals surface area contributed by atoms with Crippen molar-refractivity contribution in [2.24, 2.45) is 7.05 Å². The minimum atomic E-state index is -3.87. The summed E-state index contributed by atoms with van der Waals surface area (Å²) in [7, 11) is -2.42. The standard InChI is InChI=1S/C6H7BrN6O3S/c1-3-8-10-6(16-3)11-17(14,15)5-4(7)9-12-13(5)2/h1-2H3,(H,10,11). The lowest BCUT2D eigenvalue weighted by Gasteiger charge is -2.03. The van der Waals surface area contributed by atoms with Gasteiger partial charge in [0.1, 0.15) is 0 Å². The van der Waals surface area contributed by atoms with Crippen molar-refractivity contribution in [2.45, 2.75) is 11.9 Å². The molecule has 2 rings (SSSR count). The molecule has 0 bridgehead atoms. The van der Waals surface area contributed by atoms with Crippen molar-refractivity contribution >= 4 is 32.0 Å². The highest BCUT2D eigenvalue weighted by Gasteiger charge is 2.25. The number of nitrogens with zero attached hydrogens (tertiary/aromatic N) is 5. The van der Waals surface area contributed by atoms with Gasteiger partial charge in [0.05, 0.1) is 0 Å². The molecule has 17 heavy (non-hydrogen) atoms. The minimum absolute atomic E-state index is 0.101. The van der Waals surface area contributed by atoms with E-state index in [2.05, 4.69) is 41.2 Å². The molecule has 9 nitrogen and oxygen atoms in total. The van der Waals surface area contributed by atoms with Crippen molar-refractivity contribution in [3.8, 4) is 0 Å². The van der Waals surface area contributed by atoms with Crippen molar-refractivity contribution in [3.05, 3.63) is 10.5 Å². The van der Waals surface area contributed by atoms with Gasteiger partial charge in [0.2, 0.25) is 10.9 Å². The van der Waals surface area contributed by atoms with Crippen LogP contribution in [0.4, 0.5) is 6.01 Å². The van der Waals surface area contributed by atoms with Gasteiger partial charge in [-0.05, 0) is 15.9 Å². The Balaban J connectivity index is 2.38. The summed E-state index contributed by atoms with van der Waals surface area (Å²) in [6.07, 6.45) is 0. The summed E-state index contributed by atoms with van der Waals surface area (Å²) in [4.78, 5) is 0. The molecule has 92 valence electrons. The van der Waals surface area contributed by atoms with Gasteiger partial charge in [-0.2, -0.15) is 8.42 Å². The molecule has 11 heteroatoms. The van der Waals surface area contributed by atoms with E-state index >= 15 is 0 Å². The molecular weight excluding hydrogens is 316 g/mol. The first kappa shape index (κ1) is 12.0. The predicted octanol–water partition coefficient (Wildman–Crippen LogP) is 0.0698. The maximum absolute atomic E-state index is 11.9. The third kappa shape index (κ3) is 2.29. The zero-order chi connectivity index (χ0) is 12.6. The molecule has 0 spiro atoms. The lowest BCUT2D eigenvalue weighted by molar-refractivity contribution is 0.532. The Morgan fingerprint density at radius 1 is 1.35 bits per heavy atom. The van der Waals surface area contributed by atoms with Gasteiger partial charge in [0, 0.05) is 14.0 Å². The largest absolute Gasteiger partial charge is 0.408 e. The van der Waals surface area contributed by atoms with Crippen LogP contribution in [-0.4, -0.2) is 33.6 Å². The van der Waals surface area contributed by atoms with Crippen LogP contribution in [-0.2, 0) is 17.1 Å². The fourth-order valence-corrected chi connectivity index (χ4v) is 3.13. The monoisotopic (exact) mass is 322 g/mol. The number of aryl methyl sites for hydroxylation is 2. The average molecular weight is 323 g/mol. The summed E-state index contributed by atoms with van der Waals surface area (Å²) >= 11 is 2.99. The fraction of sp³-hybridized carbons (Fsp3) is 0.333. The molecule has 2 aromatic rings.